The molecule has 0 radical (unpaired) electrons. The summed E-state index contributed by atoms with van der Waals surface area (Å²) in [5, 5.41) is 0. The average molecular weight is 353 g/mol. The molecule has 1 saturated heterocycles. The Balaban J connectivity index is 1.33. The molecule has 1 spiro atoms. The van der Waals surface area contributed by atoms with Gasteiger partial charge >= 0.3 is 0 Å². The number of fused-ring (bicyclic) bond motifs is 1. The molecule has 1 aromatic carbocycles. The summed E-state index contributed by atoms with van der Waals surface area (Å²) in [4.78, 5) is 10.9. The zero-order chi connectivity index (χ0) is 18.0. The predicted octanol–water partition coefficient (Wildman–Crippen LogP) is 2.43. The number of anilines is 2. The van der Waals surface area contributed by atoms with Gasteiger partial charge in [-0.25, -0.2) is 0 Å². The van der Waals surface area contributed by atoms with Crippen LogP contribution in [0.25, 0.3) is 0 Å². The summed E-state index contributed by atoms with van der Waals surface area (Å²) in [5.41, 5.74) is 13.9. The number of nitrogens with two attached hydrogens (primary N) is 2. The van der Waals surface area contributed by atoms with Crippen LogP contribution in [0.4, 0.5) is 11.8 Å². The van der Waals surface area contributed by atoms with Crippen molar-refractivity contribution in [1.82, 2.24) is 14.9 Å². The first-order chi connectivity index (χ1) is 12.6. The number of benzene rings is 1. The van der Waals surface area contributed by atoms with E-state index in [1.165, 1.54) is 12.0 Å². The molecule has 0 saturated carbocycles. The van der Waals surface area contributed by atoms with Crippen LogP contribution in [0.2, 0.25) is 0 Å². The second-order valence-electron chi connectivity index (χ2n) is 7.50. The van der Waals surface area contributed by atoms with E-state index in [0.29, 0.717) is 11.7 Å². The molecule has 0 bridgehead atoms. The van der Waals surface area contributed by atoms with Crippen molar-refractivity contribution in [3.63, 3.8) is 0 Å². The highest BCUT2D eigenvalue weighted by atomic mass is 16.5. The number of hydrogen-bond acceptors (Lipinski definition) is 6. The molecule has 0 unspecified atom stereocenters. The Labute approximate surface area is 154 Å². The molecule has 2 aliphatic rings. The van der Waals surface area contributed by atoms with Crippen LogP contribution in [0.5, 0.6) is 5.88 Å². The van der Waals surface area contributed by atoms with E-state index in [-0.39, 0.29) is 11.5 Å². The topological polar surface area (TPSA) is 90.3 Å². The van der Waals surface area contributed by atoms with Crippen LogP contribution in [0.1, 0.15) is 36.8 Å². The molecule has 1 fully saturated rings. The van der Waals surface area contributed by atoms with Gasteiger partial charge in [0.05, 0.1) is 5.56 Å². The number of aromatic nitrogens is 2. The Kier molecular flexibility index (Phi) is 4.68. The zero-order valence-corrected chi connectivity index (χ0v) is 15.2. The van der Waals surface area contributed by atoms with Gasteiger partial charge in [-0.3, -0.25) is 0 Å². The van der Waals surface area contributed by atoms with E-state index < -0.39 is 0 Å². The van der Waals surface area contributed by atoms with Crippen LogP contribution in [0.3, 0.4) is 0 Å². The standard InChI is InChI=1S/C20H27N5O/c21-17-16-14-20(26-18(16)24-19(22)23-17)9-5-12-25(13-10-20)11-4-8-15-6-2-1-3-7-15/h1-3,6-7H,4-5,8-14H2,(H4,21,22,23,24)/t20-/m0/s1. The van der Waals surface area contributed by atoms with E-state index in [2.05, 4.69) is 45.2 Å². The SMILES string of the molecule is Nc1nc(N)c2c(n1)O[C@]1(CCCN(CCCc3ccccc3)CC1)C2. The quantitative estimate of drug-likeness (QED) is 0.877. The van der Waals surface area contributed by atoms with Crippen LogP contribution in [0, 0.1) is 0 Å². The third-order valence-corrected chi connectivity index (χ3v) is 5.60. The molecule has 0 amide bonds. The molecular formula is C20H27N5O. The maximum Gasteiger partial charge on any atom is 0.225 e. The fourth-order valence-electron chi connectivity index (χ4n) is 4.19. The number of aryl methyl sites for hydroxylation is 1. The molecule has 26 heavy (non-hydrogen) atoms. The Morgan fingerprint density at radius 2 is 1.92 bits per heavy atom. The third-order valence-electron chi connectivity index (χ3n) is 5.60. The van der Waals surface area contributed by atoms with Gasteiger partial charge in [-0.05, 0) is 44.3 Å². The van der Waals surface area contributed by atoms with Crippen LogP contribution in [0.15, 0.2) is 30.3 Å². The number of ether oxygens (including phenoxy) is 1. The minimum atomic E-state index is -0.187. The van der Waals surface area contributed by atoms with E-state index in [9.17, 15) is 0 Å². The second kappa shape index (κ2) is 7.11. The van der Waals surface area contributed by atoms with Crippen molar-refractivity contribution in [3.05, 3.63) is 41.5 Å². The lowest BCUT2D eigenvalue weighted by atomic mass is 9.90. The summed E-state index contributed by atoms with van der Waals surface area (Å²) >= 11 is 0. The normalized spacial score (nSPS) is 22.8. The minimum Gasteiger partial charge on any atom is -0.470 e. The summed E-state index contributed by atoms with van der Waals surface area (Å²) in [6.45, 7) is 3.30. The maximum atomic E-state index is 6.26. The smallest absolute Gasteiger partial charge is 0.225 e. The molecule has 2 aromatic rings. The Morgan fingerprint density at radius 1 is 1.08 bits per heavy atom. The number of nitrogens with zero attached hydrogens (tertiary/aromatic N) is 3. The highest BCUT2D eigenvalue weighted by Gasteiger charge is 2.42. The monoisotopic (exact) mass is 353 g/mol. The van der Waals surface area contributed by atoms with Gasteiger partial charge in [0.15, 0.2) is 0 Å². The molecule has 6 nitrogen and oxygen atoms in total. The molecule has 2 aliphatic heterocycles. The lowest BCUT2D eigenvalue weighted by Gasteiger charge is -2.27. The molecular weight excluding hydrogens is 326 g/mol. The minimum absolute atomic E-state index is 0.187. The molecule has 4 N–H and O–H groups in total. The second-order valence-corrected chi connectivity index (χ2v) is 7.50. The van der Waals surface area contributed by atoms with Gasteiger partial charge in [0, 0.05) is 19.4 Å². The first-order valence-electron chi connectivity index (χ1n) is 9.51. The van der Waals surface area contributed by atoms with E-state index in [1.807, 2.05) is 0 Å². The van der Waals surface area contributed by atoms with Gasteiger partial charge in [-0.15, -0.1) is 0 Å². The van der Waals surface area contributed by atoms with Crippen molar-refractivity contribution >= 4 is 11.8 Å². The molecule has 1 aromatic heterocycles. The van der Waals surface area contributed by atoms with Gasteiger partial charge in [-0.1, -0.05) is 30.3 Å². The van der Waals surface area contributed by atoms with Crippen LogP contribution in [-0.2, 0) is 12.8 Å². The van der Waals surface area contributed by atoms with Crippen LogP contribution in [-0.4, -0.2) is 40.1 Å². The van der Waals surface area contributed by atoms with E-state index >= 15 is 0 Å². The van der Waals surface area contributed by atoms with Crippen molar-refractivity contribution < 1.29 is 4.74 Å². The van der Waals surface area contributed by atoms with Crippen LogP contribution >= 0.6 is 0 Å². The number of rotatable bonds is 4. The fraction of sp³-hybridized carbons (Fsp3) is 0.500. The first-order valence-corrected chi connectivity index (χ1v) is 9.51. The van der Waals surface area contributed by atoms with E-state index in [4.69, 9.17) is 16.2 Å². The highest BCUT2D eigenvalue weighted by Crippen LogP contribution is 2.42. The maximum absolute atomic E-state index is 6.26. The lowest BCUT2D eigenvalue weighted by Crippen LogP contribution is -2.36. The number of likely N-dealkylation sites (tertiary alicyclic amines) is 1. The molecule has 6 heteroatoms. The Morgan fingerprint density at radius 3 is 2.77 bits per heavy atom. The Bertz CT molecular complexity index is 766. The summed E-state index contributed by atoms with van der Waals surface area (Å²) in [7, 11) is 0. The predicted molar refractivity (Wildman–Crippen MR) is 103 cm³/mol. The van der Waals surface area contributed by atoms with Gasteiger partial charge in [0.1, 0.15) is 11.4 Å². The van der Waals surface area contributed by atoms with Crippen molar-refractivity contribution in [2.45, 2.75) is 44.1 Å². The lowest BCUT2D eigenvalue weighted by molar-refractivity contribution is 0.0731. The van der Waals surface area contributed by atoms with Gasteiger partial charge in [0.25, 0.3) is 0 Å². The number of nitrogen functional groups attached to an aromatic ring is 2. The zero-order valence-electron chi connectivity index (χ0n) is 15.2. The molecule has 3 heterocycles. The summed E-state index contributed by atoms with van der Waals surface area (Å²) in [5.74, 6) is 1.25. The molecule has 4 rings (SSSR count). The summed E-state index contributed by atoms with van der Waals surface area (Å²) in [6, 6.07) is 10.7. The van der Waals surface area contributed by atoms with E-state index in [0.717, 1.165) is 57.3 Å². The van der Waals surface area contributed by atoms with Crippen molar-refractivity contribution in [1.29, 1.82) is 0 Å². The highest BCUT2D eigenvalue weighted by molar-refractivity contribution is 5.52. The van der Waals surface area contributed by atoms with Crippen LogP contribution < -0.4 is 16.2 Å². The van der Waals surface area contributed by atoms with Crippen molar-refractivity contribution in [2.24, 2.45) is 0 Å². The van der Waals surface area contributed by atoms with Crippen molar-refractivity contribution in [3.8, 4) is 5.88 Å². The third kappa shape index (κ3) is 3.60. The summed E-state index contributed by atoms with van der Waals surface area (Å²) < 4.78 is 6.26. The molecule has 1 atom stereocenters. The van der Waals surface area contributed by atoms with E-state index in [1.54, 1.807) is 0 Å². The first kappa shape index (κ1) is 17.1. The van der Waals surface area contributed by atoms with Gasteiger partial charge < -0.3 is 21.1 Å². The molecule has 138 valence electrons. The number of hydrogen-bond donors (Lipinski definition) is 2. The van der Waals surface area contributed by atoms with Crippen molar-refractivity contribution in [2.75, 3.05) is 31.1 Å². The van der Waals surface area contributed by atoms with Gasteiger partial charge in [0.2, 0.25) is 11.8 Å². The summed E-state index contributed by atoms with van der Waals surface area (Å²) in [6.07, 6.45) is 6.27. The molecule has 0 aliphatic carbocycles. The Hall–Kier alpha value is -2.34. The average Bonchev–Trinajstić information content (AvgIpc) is 2.87. The largest absolute Gasteiger partial charge is 0.470 e. The van der Waals surface area contributed by atoms with Gasteiger partial charge in [-0.2, -0.15) is 9.97 Å². The fourth-order valence-corrected chi connectivity index (χ4v) is 4.19.